The van der Waals surface area contributed by atoms with Crippen molar-refractivity contribution in [3.63, 3.8) is 0 Å². The Morgan fingerprint density at radius 2 is 1.84 bits per heavy atom. The van der Waals surface area contributed by atoms with Gasteiger partial charge in [-0.1, -0.05) is 20.8 Å². The van der Waals surface area contributed by atoms with E-state index in [1.807, 2.05) is 20.8 Å². The lowest BCUT2D eigenvalue weighted by Gasteiger charge is -2.41. The Morgan fingerprint density at radius 1 is 1.20 bits per heavy atom. The van der Waals surface area contributed by atoms with Crippen LogP contribution in [-0.2, 0) is 14.4 Å². The van der Waals surface area contributed by atoms with Crippen LogP contribution in [0.5, 0.6) is 0 Å². The number of carbonyl (C=O) groups is 3. The molecular formula is C17H32N4O4. The zero-order valence-corrected chi connectivity index (χ0v) is 15.9. The highest BCUT2D eigenvalue weighted by Crippen LogP contribution is 2.15. The number of hydrogen-bond donors (Lipinski definition) is 3. The average Bonchev–Trinajstić information content (AvgIpc) is 2.57. The number of carboxylic acids is 1. The fraction of sp³-hybridized carbons (Fsp3) is 0.824. The second kappa shape index (κ2) is 9.72. The van der Waals surface area contributed by atoms with Gasteiger partial charge in [-0.25, -0.2) is 4.79 Å². The van der Waals surface area contributed by atoms with Gasteiger partial charge < -0.3 is 20.6 Å². The predicted octanol–water partition coefficient (Wildman–Crippen LogP) is -0.257. The van der Waals surface area contributed by atoms with Gasteiger partial charge in [0.2, 0.25) is 11.8 Å². The number of nitrogens with zero attached hydrogens (tertiary/aromatic N) is 2. The molecule has 1 aliphatic heterocycles. The van der Waals surface area contributed by atoms with Crippen molar-refractivity contribution < 1.29 is 19.5 Å². The maximum absolute atomic E-state index is 13.0. The van der Waals surface area contributed by atoms with Gasteiger partial charge in [0.1, 0.15) is 12.1 Å². The zero-order valence-electron chi connectivity index (χ0n) is 15.9. The molecular weight excluding hydrogens is 324 g/mol. The highest BCUT2D eigenvalue weighted by Gasteiger charge is 2.39. The van der Waals surface area contributed by atoms with Crippen LogP contribution < -0.4 is 10.6 Å². The van der Waals surface area contributed by atoms with Crippen molar-refractivity contribution in [1.29, 1.82) is 0 Å². The van der Waals surface area contributed by atoms with E-state index in [4.69, 9.17) is 0 Å². The van der Waals surface area contributed by atoms with E-state index in [1.54, 1.807) is 14.0 Å². The molecule has 0 bridgehead atoms. The summed E-state index contributed by atoms with van der Waals surface area (Å²) in [5.74, 6) is -1.74. The summed E-state index contributed by atoms with van der Waals surface area (Å²) >= 11 is 0. The van der Waals surface area contributed by atoms with E-state index in [2.05, 4.69) is 15.5 Å². The van der Waals surface area contributed by atoms with Crippen molar-refractivity contribution >= 4 is 17.8 Å². The minimum absolute atomic E-state index is 0.136. The number of likely N-dealkylation sites (N-methyl/N-ethyl adjacent to an activating group) is 1. The van der Waals surface area contributed by atoms with Crippen LogP contribution in [0.3, 0.4) is 0 Å². The Morgan fingerprint density at radius 3 is 2.32 bits per heavy atom. The molecule has 1 heterocycles. The minimum atomic E-state index is -1.01. The fourth-order valence-electron chi connectivity index (χ4n) is 2.94. The Labute approximate surface area is 149 Å². The number of nitrogens with one attached hydrogen (secondary N) is 2. The average molecular weight is 356 g/mol. The molecule has 0 aromatic heterocycles. The van der Waals surface area contributed by atoms with Crippen molar-refractivity contribution in [3.8, 4) is 0 Å². The van der Waals surface area contributed by atoms with Crippen molar-refractivity contribution in [2.45, 2.75) is 52.2 Å². The lowest BCUT2D eigenvalue weighted by molar-refractivity contribution is -0.155. The molecule has 25 heavy (non-hydrogen) atoms. The highest BCUT2D eigenvalue weighted by atomic mass is 16.4. The molecule has 1 rings (SSSR count). The monoisotopic (exact) mass is 356 g/mol. The summed E-state index contributed by atoms with van der Waals surface area (Å²) in [7, 11) is 1.67. The van der Waals surface area contributed by atoms with Gasteiger partial charge >= 0.3 is 5.97 Å². The molecule has 2 amide bonds. The molecule has 0 aromatic carbocycles. The van der Waals surface area contributed by atoms with Gasteiger partial charge in [0, 0.05) is 19.6 Å². The molecule has 1 saturated heterocycles. The van der Waals surface area contributed by atoms with Crippen LogP contribution in [0.4, 0.5) is 0 Å². The zero-order chi connectivity index (χ0) is 19.1. The molecule has 1 aliphatic rings. The molecule has 3 atom stereocenters. The largest absolute Gasteiger partial charge is 0.480 e. The van der Waals surface area contributed by atoms with E-state index in [1.165, 1.54) is 4.90 Å². The van der Waals surface area contributed by atoms with Crippen molar-refractivity contribution in [2.75, 3.05) is 33.2 Å². The maximum atomic E-state index is 13.0. The number of aliphatic carboxylic acids is 1. The lowest BCUT2D eigenvalue weighted by Crippen LogP contribution is -2.63. The summed E-state index contributed by atoms with van der Waals surface area (Å²) in [6.45, 7) is 9.58. The topological polar surface area (TPSA) is 102 Å². The highest BCUT2D eigenvalue weighted by molar-refractivity contribution is 5.92. The van der Waals surface area contributed by atoms with Crippen LogP contribution in [0.25, 0.3) is 0 Å². The van der Waals surface area contributed by atoms with E-state index in [-0.39, 0.29) is 17.7 Å². The summed E-state index contributed by atoms with van der Waals surface area (Å²) in [6.07, 6.45) is 0.937. The summed E-state index contributed by atoms with van der Waals surface area (Å²) in [5.41, 5.74) is 0. The normalized spacial score (nSPS) is 21.0. The molecule has 0 aliphatic carbocycles. The minimum Gasteiger partial charge on any atom is -0.480 e. The number of hydrogen-bond acceptors (Lipinski definition) is 5. The van der Waals surface area contributed by atoms with Crippen LogP contribution in [0.1, 0.15) is 34.1 Å². The van der Waals surface area contributed by atoms with E-state index in [0.717, 1.165) is 13.0 Å². The maximum Gasteiger partial charge on any atom is 0.327 e. The van der Waals surface area contributed by atoms with E-state index in [0.29, 0.717) is 19.6 Å². The number of carboxylic acid groups (broad SMARTS) is 1. The van der Waals surface area contributed by atoms with Gasteiger partial charge in [-0.2, -0.15) is 0 Å². The Hall–Kier alpha value is -1.67. The van der Waals surface area contributed by atoms with Gasteiger partial charge in [0.25, 0.3) is 0 Å². The Balaban J connectivity index is 2.91. The second-order valence-corrected chi connectivity index (χ2v) is 6.93. The van der Waals surface area contributed by atoms with E-state index >= 15 is 0 Å². The van der Waals surface area contributed by atoms with Gasteiger partial charge in [0.05, 0.1) is 6.04 Å². The van der Waals surface area contributed by atoms with E-state index in [9.17, 15) is 19.5 Å². The predicted molar refractivity (Wildman–Crippen MR) is 95.2 cm³/mol. The first-order chi connectivity index (χ1) is 11.7. The van der Waals surface area contributed by atoms with E-state index < -0.39 is 24.1 Å². The van der Waals surface area contributed by atoms with Gasteiger partial charge in [0.15, 0.2) is 0 Å². The Bertz CT molecular complexity index is 483. The lowest BCUT2D eigenvalue weighted by atomic mass is 10.00. The van der Waals surface area contributed by atoms with Crippen LogP contribution in [0.2, 0.25) is 0 Å². The third-order valence-corrected chi connectivity index (χ3v) is 4.63. The van der Waals surface area contributed by atoms with Crippen LogP contribution in [-0.4, -0.2) is 84.0 Å². The molecule has 3 unspecified atom stereocenters. The van der Waals surface area contributed by atoms with Crippen LogP contribution in [0, 0.1) is 5.92 Å². The van der Waals surface area contributed by atoms with Gasteiger partial charge in [-0.3, -0.25) is 14.5 Å². The summed E-state index contributed by atoms with van der Waals surface area (Å²) in [5, 5.41) is 15.2. The number of carbonyl (C=O) groups excluding carboxylic acids is 2. The molecule has 1 fully saturated rings. The van der Waals surface area contributed by atoms with Crippen molar-refractivity contribution in [1.82, 2.24) is 20.4 Å². The summed E-state index contributed by atoms with van der Waals surface area (Å²) in [6, 6.07) is -2.04. The number of piperazine rings is 1. The van der Waals surface area contributed by atoms with Gasteiger partial charge in [-0.15, -0.1) is 0 Å². The first-order valence-corrected chi connectivity index (χ1v) is 8.96. The molecule has 3 N–H and O–H groups in total. The molecule has 144 valence electrons. The fourth-order valence-corrected chi connectivity index (χ4v) is 2.94. The summed E-state index contributed by atoms with van der Waals surface area (Å²) < 4.78 is 0. The second-order valence-electron chi connectivity index (χ2n) is 6.93. The molecule has 0 aromatic rings. The third kappa shape index (κ3) is 5.67. The van der Waals surface area contributed by atoms with Crippen molar-refractivity contribution in [3.05, 3.63) is 0 Å². The SMILES string of the molecule is CCCN1CCN(C(=O)C(NC(=O)C(C)NC)C(C)C)C(C(=O)O)C1. The van der Waals surface area contributed by atoms with Gasteiger partial charge in [-0.05, 0) is 32.9 Å². The molecule has 0 saturated carbocycles. The standard InChI is InChI=1S/C17H32N4O4/c1-6-7-20-8-9-21(13(10-20)17(24)25)16(23)14(11(2)3)19-15(22)12(4)18-5/h11-14,18H,6-10H2,1-5H3,(H,19,22)(H,24,25). The number of amides is 2. The number of rotatable bonds is 8. The van der Waals surface area contributed by atoms with Crippen molar-refractivity contribution in [2.24, 2.45) is 5.92 Å². The molecule has 8 heteroatoms. The smallest absolute Gasteiger partial charge is 0.327 e. The first-order valence-electron chi connectivity index (χ1n) is 8.96. The van der Waals surface area contributed by atoms with Crippen LogP contribution in [0.15, 0.2) is 0 Å². The quantitative estimate of drug-likeness (QED) is 0.554. The molecule has 0 radical (unpaired) electrons. The molecule has 0 spiro atoms. The third-order valence-electron chi connectivity index (χ3n) is 4.63. The molecule has 8 nitrogen and oxygen atoms in total. The Kier molecular flexibility index (Phi) is 8.31. The first kappa shape index (κ1) is 21.4. The summed E-state index contributed by atoms with van der Waals surface area (Å²) in [4.78, 5) is 40.3. The van der Waals surface area contributed by atoms with Crippen LogP contribution >= 0.6 is 0 Å².